The van der Waals surface area contributed by atoms with Crippen LogP contribution in [-0.2, 0) is 38.1 Å². The van der Waals surface area contributed by atoms with Crippen LogP contribution in [0.2, 0.25) is 0 Å². The molecule has 32 heavy (non-hydrogen) atoms. The minimum atomic E-state index is -1.23. The van der Waals surface area contributed by atoms with Crippen LogP contribution in [0.1, 0.15) is 47.8 Å². The van der Waals surface area contributed by atoms with Crippen molar-refractivity contribution >= 4 is 36.5 Å². The molecule has 176 valence electrons. The third kappa shape index (κ3) is 6.46. The third-order valence-electron chi connectivity index (χ3n) is 4.79. The van der Waals surface area contributed by atoms with Crippen molar-refractivity contribution in [3.05, 3.63) is 34.4 Å². The van der Waals surface area contributed by atoms with Gasteiger partial charge in [0.15, 0.2) is 18.3 Å². The molecule has 9 nitrogen and oxygen atoms in total. The molecule has 0 unspecified atom stereocenters. The second-order valence-corrected chi connectivity index (χ2v) is 8.17. The SMILES string of the molecule is CC(=O)OC[C@H]1O[C@@H](S)[C@H](OC(=O)c2c(C)cc(C)cc2C)[C@@H](OC(C)=O)[C@@H]1OC(C)=O. The second-order valence-electron chi connectivity index (χ2n) is 7.66. The van der Waals surface area contributed by atoms with Gasteiger partial charge in [0.2, 0.25) is 0 Å². The van der Waals surface area contributed by atoms with Crippen molar-refractivity contribution in [3.63, 3.8) is 0 Å². The first-order chi connectivity index (χ1) is 14.9. The van der Waals surface area contributed by atoms with Crippen LogP contribution >= 0.6 is 12.6 Å². The average Bonchev–Trinajstić information content (AvgIpc) is 2.63. The molecule has 0 saturated carbocycles. The molecule has 0 aliphatic carbocycles. The molecular formula is C22H28O9S. The van der Waals surface area contributed by atoms with E-state index in [-0.39, 0.29) is 6.61 Å². The topological polar surface area (TPSA) is 114 Å². The molecule has 0 N–H and O–H groups in total. The Morgan fingerprint density at radius 1 is 0.844 bits per heavy atom. The molecule has 5 atom stereocenters. The van der Waals surface area contributed by atoms with Gasteiger partial charge in [0.25, 0.3) is 0 Å². The van der Waals surface area contributed by atoms with Crippen LogP contribution in [0.25, 0.3) is 0 Å². The van der Waals surface area contributed by atoms with Crippen LogP contribution in [0.4, 0.5) is 0 Å². The number of hydrogen-bond donors (Lipinski definition) is 1. The van der Waals surface area contributed by atoms with E-state index in [4.69, 9.17) is 23.7 Å². The molecule has 0 bridgehead atoms. The zero-order valence-electron chi connectivity index (χ0n) is 18.9. The quantitative estimate of drug-likeness (QED) is 0.381. The Morgan fingerprint density at radius 3 is 1.88 bits per heavy atom. The van der Waals surface area contributed by atoms with Crippen molar-refractivity contribution in [2.75, 3.05) is 6.61 Å². The summed E-state index contributed by atoms with van der Waals surface area (Å²) in [5, 5.41) is 0. The third-order valence-corrected chi connectivity index (χ3v) is 5.20. The summed E-state index contributed by atoms with van der Waals surface area (Å²) in [5.41, 5.74) is 1.73. The van der Waals surface area contributed by atoms with Gasteiger partial charge >= 0.3 is 23.9 Å². The maximum atomic E-state index is 13.0. The zero-order valence-corrected chi connectivity index (χ0v) is 19.8. The summed E-state index contributed by atoms with van der Waals surface area (Å²) in [7, 11) is 0. The molecule has 10 heteroatoms. The van der Waals surface area contributed by atoms with E-state index < -0.39 is 53.7 Å². The summed E-state index contributed by atoms with van der Waals surface area (Å²) in [5.74, 6) is -2.61. The predicted molar refractivity (Wildman–Crippen MR) is 115 cm³/mol. The van der Waals surface area contributed by atoms with Crippen molar-refractivity contribution in [1.82, 2.24) is 0 Å². The predicted octanol–water partition coefficient (Wildman–Crippen LogP) is 2.22. The minimum Gasteiger partial charge on any atom is -0.463 e. The zero-order chi connectivity index (χ0) is 24.2. The van der Waals surface area contributed by atoms with Gasteiger partial charge in [0.05, 0.1) is 5.56 Å². The Hall–Kier alpha value is -2.59. The van der Waals surface area contributed by atoms with Crippen LogP contribution in [0.3, 0.4) is 0 Å². The van der Waals surface area contributed by atoms with Gasteiger partial charge in [-0.05, 0) is 31.9 Å². The number of rotatable bonds is 6. The lowest BCUT2D eigenvalue weighted by atomic mass is 9.98. The van der Waals surface area contributed by atoms with E-state index in [9.17, 15) is 19.2 Å². The van der Waals surface area contributed by atoms with Gasteiger partial charge in [-0.15, -0.1) is 12.6 Å². The highest BCUT2D eigenvalue weighted by Gasteiger charge is 2.51. The molecule has 1 saturated heterocycles. The number of carbonyl (C=O) groups excluding carboxylic acids is 4. The van der Waals surface area contributed by atoms with E-state index in [1.54, 1.807) is 13.8 Å². The molecule has 0 radical (unpaired) electrons. The molecule has 1 heterocycles. The first-order valence-electron chi connectivity index (χ1n) is 10.0. The fourth-order valence-electron chi connectivity index (χ4n) is 3.70. The van der Waals surface area contributed by atoms with Gasteiger partial charge in [0, 0.05) is 20.8 Å². The van der Waals surface area contributed by atoms with Crippen molar-refractivity contribution in [2.24, 2.45) is 0 Å². The van der Waals surface area contributed by atoms with E-state index in [0.29, 0.717) is 16.7 Å². The van der Waals surface area contributed by atoms with Gasteiger partial charge in [0.1, 0.15) is 18.1 Å². The Bertz CT molecular complexity index is 874. The summed E-state index contributed by atoms with van der Waals surface area (Å²) in [4.78, 5) is 47.8. The number of benzene rings is 1. The smallest absolute Gasteiger partial charge is 0.339 e. The fourth-order valence-corrected chi connectivity index (χ4v) is 4.09. The van der Waals surface area contributed by atoms with Crippen molar-refractivity contribution in [2.45, 2.75) is 71.4 Å². The number of hydrogen-bond acceptors (Lipinski definition) is 10. The van der Waals surface area contributed by atoms with Crippen LogP contribution in [0, 0.1) is 20.8 Å². The molecule has 0 aromatic heterocycles. The van der Waals surface area contributed by atoms with E-state index in [1.807, 2.05) is 19.1 Å². The van der Waals surface area contributed by atoms with Crippen LogP contribution in [0.5, 0.6) is 0 Å². The second kappa shape index (κ2) is 10.8. The summed E-state index contributed by atoms with van der Waals surface area (Å²) in [6, 6.07) is 3.69. The van der Waals surface area contributed by atoms with Gasteiger partial charge in [-0.25, -0.2) is 4.79 Å². The fraction of sp³-hybridized carbons (Fsp3) is 0.545. The van der Waals surface area contributed by atoms with Crippen molar-refractivity contribution in [1.29, 1.82) is 0 Å². The van der Waals surface area contributed by atoms with E-state index >= 15 is 0 Å². The largest absolute Gasteiger partial charge is 0.463 e. The number of aryl methyl sites for hydroxylation is 3. The minimum absolute atomic E-state index is 0.279. The standard InChI is InChI=1S/C22H28O9S/c1-10-7-11(2)17(12(3)8-10)21(26)31-20-19(29-15(6)25)18(28-14(5)24)16(30-22(20)32)9-27-13(4)23/h7-8,16,18-20,22,32H,9H2,1-6H3/t16-,18-,19+,20-,22+/m1/s1. The Labute approximate surface area is 192 Å². The monoisotopic (exact) mass is 468 g/mol. The highest BCUT2D eigenvalue weighted by atomic mass is 32.1. The lowest BCUT2D eigenvalue weighted by Crippen LogP contribution is -2.61. The molecule has 1 aromatic rings. The first kappa shape index (κ1) is 25.7. The van der Waals surface area contributed by atoms with Crippen LogP contribution in [0.15, 0.2) is 12.1 Å². The lowest BCUT2D eigenvalue weighted by Gasteiger charge is -2.43. The number of esters is 4. The summed E-state index contributed by atoms with van der Waals surface area (Å²) in [6.45, 7) is 8.75. The van der Waals surface area contributed by atoms with Crippen molar-refractivity contribution < 1.29 is 42.9 Å². The number of thiol groups is 1. The van der Waals surface area contributed by atoms with E-state index in [1.165, 1.54) is 20.8 Å². The number of carbonyl (C=O) groups is 4. The molecule has 1 fully saturated rings. The Kier molecular flexibility index (Phi) is 8.68. The highest BCUT2D eigenvalue weighted by molar-refractivity contribution is 7.80. The van der Waals surface area contributed by atoms with Crippen molar-refractivity contribution in [3.8, 4) is 0 Å². The summed E-state index contributed by atoms with van der Waals surface area (Å²) < 4.78 is 27.1. The first-order valence-corrected chi connectivity index (χ1v) is 10.5. The van der Waals surface area contributed by atoms with Gasteiger partial charge in [-0.3, -0.25) is 14.4 Å². The Balaban J connectivity index is 2.39. The molecule has 0 spiro atoms. The van der Waals surface area contributed by atoms with Crippen LogP contribution in [-0.4, -0.2) is 60.3 Å². The average molecular weight is 469 g/mol. The summed E-state index contributed by atoms with van der Waals surface area (Å²) in [6.07, 6.45) is -4.62. The maximum Gasteiger partial charge on any atom is 0.339 e. The molecular weight excluding hydrogens is 440 g/mol. The lowest BCUT2D eigenvalue weighted by molar-refractivity contribution is -0.231. The van der Waals surface area contributed by atoms with E-state index in [0.717, 1.165) is 5.56 Å². The van der Waals surface area contributed by atoms with Gasteiger partial charge in [-0.1, -0.05) is 17.7 Å². The Morgan fingerprint density at radius 2 is 1.38 bits per heavy atom. The van der Waals surface area contributed by atoms with Gasteiger partial charge < -0.3 is 23.7 Å². The highest BCUT2D eigenvalue weighted by Crippen LogP contribution is 2.31. The molecule has 1 aliphatic heterocycles. The maximum absolute atomic E-state index is 13.0. The molecule has 1 aromatic carbocycles. The molecule has 1 aliphatic rings. The normalized spacial score (nSPS) is 24.9. The van der Waals surface area contributed by atoms with Gasteiger partial charge in [-0.2, -0.15) is 0 Å². The van der Waals surface area contributed by atoms with E-state index in [2.05, 4.69) is 12.6 Å². The number of ether oxygens (including phenoxy) is 5. The molecule has 0 amide bonds. The summed E-state index contributed by atoms with van der Waals surface area (Å²) >= 11 is 4.36. The molecule has 2 rings (SSSR count). The van der Waals surface area contributed by atoms with Crippen LogP contribution < -0.4 is 0 Å².